The van der Waals surface area contributed by atoms with Gasteiger partial charge in [-0.15, -0.1) is 0 Å². The smallest absolute Gasteiger partial charge is 0.255 e. The highest BCUT2D eigenvalue weighted by Crippen LogP contribution is 2.12. The monoisotopic (exact) mass is 339 g/mol. The van der Waals surface area contributed by atoms with Gasteiger partial charge in [-0.25, -0.2) is 0 Å². The molecule has 0 saturated carbocycles. The number of hydrogen-bond acceptors (Lipinski definition) is 3. The molecule has 1 atom stereocenters. The summed E-state index contributed by atoms with van der Waals surface area (Å²) in [5.41, 5.74) is 2.50. The molecule has 0 aliphatic carbocycles. The maximum atomic E-state index is 12.2. The number of carbonyl (C=O) groups excluding carboxylic acids is 2. The number of carbonyl (C=O) groups is 2. The van der Waals surface area contributed by atoms with Gasteiger partial charge in [0.05, 0.1) is 0 Å². The Labute approximate surface area is 149 Å². The lowest BCUT2D eigenvalue weighted by atomic mass is 10.1. The van der Waals surface area contributed by atoms with Crippen LogP contribution in [0.4, 0.5) is 5.69 Å². The molecule has 0 saturated heterocycles. The van der Waals surface area contributed by atoms with E-state index in [9.17, 15) is 9.59 Å². The first kappa shape index (κ1) is 18.7. The Morgan fingerprint density at radius 1 is 1.04 bits per heavy atom. The van der Waals surface area contributed by atoms with Gasteiger partial charge in [-0.3, -0.25) is 14.5 Å². The van der Waals surface area contributed by atoms with Crippen molar-refractivity contribution in [2.75, 3.05) is 19.4 Å². The second-order valence-electron chi connectivity index (χ2n) is 6.16. The highest BCUT2D eigenvalue weighted by atomic mass is 16.2. The number of rotatable bonds is 7. The lowest BCUT2D eigenvalue weighted by Gasteiger charge is -2.24. The normalized spacial score (nSPS) is 11.8. The average Bonchev–Trinajstić information content (AvgIpc) is 2.62. The number of amides is 2. The van der Waals surface area contributed by atoms with Gasteiger partial charge in [0.2, 0.25) is 5.91 Å². The molecular weight excluding hydrogens is 314 g/mol. The van der Waals surface area contributed by atoms with Gasteiger partial charge < -0.3 is 10.6 Å². The molecule has 5 heteroatoms. The van der Waals surface area contributed by atoms with Crippen molar-refractivity contribution in [3.63, 3.8) is 0 Å². The van der Waals surface area contributed by atoms with Crippen LogP contribution >= 0.6 is 0 Å². The minimum absolute atomic E-state index is 0.0345. The summed E-state index contributed by atoms with van der Waals surface area (Å²) < 4.78 is 0. The molecule has 0 aromatic heterocycles. The zero-order valence-corrected chi connectivity index (χ0v) is 15.0. The maximum Gasteiger partial charge on any atom is 0.255 e. The molecule has 2 aromatic carbocycles. The molecule has 0 aliphatic rings. The summed E-state index contributed by atoms with van der Waals surface area (Å²) in [5.74, 6) is -0.0913. The highest BCUT2D eigenvalue weighted by molar-refractivity contribution is 6.04. The van der Waals surface area contributed by atoms with E-state index in [2.05, 4.69) is 15.5 Å². The topological polar surface area (TPSA) is 61.4 Å². The number of benzene rings is 2. The SMILES string of the molecule is CNC(=O)CC(C)N(C)Cc1ccc(C(=O)Nc2ccccc2)cc1. The Hall–Kier alpha value is -2.66. The summed E-state index contributed by atoms with van der Waals surface area (Å²) in [4.78, 5) is 25.8. The van der Waals surface area contributed by atoms with Gasteiger partial charge in [0.25, 0.3) is 5.91 Å². The van der Waals surface area contributed by atoms with Crippen molar-refractivity contribution in [2.45, 2.75) is 25.9 Å². The number of para-hydroxylation sites is 1. The largest absolute Gasteiger partial charge is 0.359 e. The van der Waals surface area contributed by atoms with Crippen molar-refractivity contribution in [3.8, 4) is 0 Å². The Morgan fingerprint density at radius 2 is 1.68 bits per heavy atom. The second kappa shape index (κ2) is 8.99. The molecule has 25 heavy (non-hydrogen) atoms. The van der Waals surface area contributed by atoms with Crippen LogP contribution in [0.15, 0.2) is 54.6 Å². The second-order valence-corrected chi connectivity index (χ2v) is 6.16. The molecule has 5 nitrogen and oxygen atoms in total. The van der Waals surface area contributed by atoms with Gasteiger partial charge in [-0.05, 0) is 43.8 Å². The van der Waals surface area contributed by atoms with E-state index in [4.69, 9.17) is 0 Å². The van der Waals surface area contributed by atoms with Crippen LogP contribution in [0, 0.1) is 0 Å². The van der Waals surface area contributed by atoms with Gasteiger partial charge in [0, 0.05) is 37.3 Å². The van der Waals surface area contributed by atoms with Crippen molar-refractivity contribution in [2.24, 2.45) is 0 Å². The molecule has 0 radical (unpaired) electrons. The Kier molecular flexibility index (Phi) is 6.71. The van der Waals surface area contributed by atoms with Crippen LogP contribution < -0.4 is 10.6 Å². The first-order valence-electron chi connectivity index (χ1n) is 8.35. The van der Waals surface area contributed by atoms with E-state index in [1.807, 2.05) is 68.6 Å². The molecule has 0 fully saturated rings. The number of nitrogens with zero attached hydrogens (tertiary/aromatic N) is 1. The molecule has 0 bridgehead atoms. The average molecular weight is 339 g/mol. The summed E-state index contributed by atoms with van der Waals surface area (Å²) >= 11 is 0. The van der Waals surface area contributed by atoms with E-state index in [0.717, 1.165) is 17.8 Å². The Balaban J connectivity index is 1.93. The van der Waals surface area contributed by atoms with Crippen LogP contribution in [-0.4, -0.2) is 36.9 Å². The lowest BCUT2D eigenvalue weighted by Crippen LogP contribution is -2.33. The van der Waals surface area contributed by atoms with E-state index in [-0.39, 0.29) is 17.9 Å². The molecule has 2 N–H and O–H groups in total. The minimum atomic E-state index is -0.126. The zero-order chi connectivity index (χ0) is 18.2. The predicted molar refractivity (Wildman–Crippen MR) is 100 cm³/mol. The van der Waals surface area contributed by atoms with E-state index in [0.29, 0.717) is 12.0 Å². The fraction of sp³-hybridized carbons (Fsp3) is 0.300. The third-order valence-corrected chi connectivity index (χ3v) is 4.19. The highest BCUT2D eigenvalue weighted by Gasteiger charge is 2.13. The van der Waals surface area contributed by atoms with Gasteiger partial charge in [0.1, 0.15) is 0 Å². The van der Waals surface area contributed by atoms with Crippen molar-refractivity contribution < 1.29 is 9.59 Å². The summed E-state index contributed by atoms with van der Waals surface area (Å²) in [6.07, 6.45) is 0.463. The molecule has 0 aliphatic heterocycles. The molecule has 1 unspecified atom stereocenters. The first-order chi connectivity index (χ1) is 12.0. The fourth-order valence-electron chi connectivity index (χ4n) is 2.46. The summed E-state index contributed by atoms with van der Waals surface area (Å²) in [5, 5.41) is 5.52. The fourth-order valence-corrected chi connectivity index (χ4v) is 2.46. The van der Waals surface area contributed by atoms with Crippen LogP contribution in [0.25, 0.3) is 0 Å². The van der Waals surface area contributed by atoms with Gasteiger partial charge in [-0.1, -0.05) is 30.3 Å². The maximum absolute atomic E-state index is 12.2. The Morgan fingerprint density at radius 3 is 2.28 bits per heavy atom. The van der Waals surface area contributed by atoms with E-state index in [1.165, 1.54) is 0 Å². The van der Waals surface area contributed by atoms with E-state index >= 15 is 0 Å². The summed E-state index contributed by atoms with van der Waals surface area (Å²) in [6.45, 7) is 2.75. The minimum Gasteiger partial charge on any atom is -0.359 e. The van der Waals surface area contributed by atoms with Crippen molar-refractivity contribution >= 4 is 17.5 Å². The van der Waals surface area contributed by atoms with Crippen molar-refractivity contribution in [1.82, 2.24) is 10.2 Å². The Bertz CT molecular complexity index is 699. The molecule has 2 rings (SSSR count). The summed E-state index contributed by atoms with van der Waals surface area (Å²) in [7, 11) is 3.64. The van der Waals surface area contributed by atoms with Crippen LogP contribution in [0.2, 0.25) is 0 Å². The lowest BCUT2D eigenvalue weighted by molar-refractivity contribution is -0.121. The molecule has 0 spiro atoms. The molecule has 0 heterocycles. The van der Waals surface area contributed by atoms with Crippen molar-refractivity contribution in [1.29, 1.82) is 0 Å². The molecule has 132 valence electrons. The van der Waals surface area contributed by atoms with Crippen LogP contribution in [0.5, 0.6) is 0 Å². The van der Waals surface area contributed by atoms with E-state index in [1.54, 1.807) is 7.05 Å². The summed E-state index contributed by atoms with van der Waals surface area (Å²) in [6, 6.07) is 17.1. The van der Waals surface area contributed by atoms with Gasteiger partial charge >= 0.3 is 0 Å². The van der Waals surface area contributed by atoms with Crippen molar-refractivity contribution in [3.05, 3.63) is 65.7 Å². The van der Waals surface area contributed by atoms with Crippen LogP contribution in [0.3, 0.4) is 0 Å². The molecular formula is C20H25N3O2. The number of anilines is 1. The first-order valence-corrected chi connectivity index (χ1v) is 8.35. The molecule has 2 aromatic rings. The van der Waals surface area contributed by atoms with Gasteiger partial charge in [-0.2, -0.15) is 0 Å². The quantitative estimate of drug-likeness (QED) is 0.815. The third-order valence-electron chi connectivity index (χ3n) is 4.19. The standard InChI is InChI=1S/C20H25N3O2/c1-15(13-19(24)21-2)23(3)14-16-9-11-17(12-10-16)20(25)22-18-7-5-4-6-8-18/h4-12,15H,13-14H2,1-3H3,(H,21,24)(H,22,25). The van der Waals surface area contributed by atoms with Crippen LogP contribution in [0.1, 0.15) is 29.3 Å². The number of nitrogens with one attached hydrogen (secondary N) is 2. The number of hydrogen-bond donors (Lipinski definition) is 2. The molecule has 2 amide bonds. The zero-order valence-electron chi connectivity index (χ0n) is 15.0. The van der Waals surface area contributed by atoms with Gasteiger partial charge in [0.15, 0.2) is 0 Å². The van der Waals surface area contributed by atoms with E-state index < -0.39 is 0 Å². The third kappa shape index (κ3) is 5.72. The van der Waals surface area contributed by atoms with Crippen LogP contribution in [-0.2, 0) is 11.3 Å². The predicted octanol–water partition coefficient (Wildman–Crippen LogP) is 2.90.